The number of thiophene rings is 1. The summed E-state index contributed by atoms with van der Waals surface area (Å²) >= 11 is 1.40. The van der Waals surface area contributed by atoms with Crippen LogP contribution in [0.1, 0.15) is 55.3 Å². The highest BCUT2D eigenvalue weighted by Crippen LogP contribution is 2.37. The van der Waals surface area contributed by atoms with E-state index in [0.29, 0.717) is 16.9 Å². The molecule has 0 bridgehead atoms. The zero-order chi connectivity index (χ0) is 20.5. The smallest absolute Gasteiger partial charge is 0.306 e. The number of anilines is 1. The first-order chi connectivity index (χ1) is 13.9. The van der Waals surface area contributed by atoms with Crippen LogP contribution >= 0.6 is 11.3 Å². The van der Waals surface area contributed by atoms with E-state index >= 15 is 0 Å². The fraction of sp³-hybridized carbons (Fsp3) is 0.364. The second-order valence-electron chi connectivity index (χ2n) is 7.39. The summed E-state index contributed by atoms with van der Waals surface area (Å²) in [5.74, 6) is -0.890. The van der Waals surface area contributed by atoms with Crippen molar-refractivity contribution in [3.8, 4) is 0 Å². The number of rotatable bonds is 7. The summed E-state index contributed by atoms with van der Waals surface area (Å²) in [7, 11) is 0. The average molecular weight is 411 g/mol. The number of hydrogen-bond acceptors (Lipinski definition) is 6. The number of aryl methyl sites for hydroxylation is 2. The SMILES string of the molecule is Cc1ccc(C(=O)CCC(=O)OCC(=O)c2cc3c4c(c2)CC(=O)N4CCC3)s1. The molecule has 0 radical (unpaired) electrons. The molecular formula is C22H21NO5S. The monoisotopic (exact) mass is 411 g/mol. The van der Waals surface area contributed by atoms with Gasteiger partial charge in [0.1, 0.15) is 0 Å². The maximum atomic E-state index is 12.5. The summed E-state index contributed by atoms with van der Waals surface area (Å²) in [6.07, 6.45) is 2.03. The number of Topliss-reactive ketones (excluding diaryl/α,β-unsaturated/α-hetero) is 2. The van der Waals surface area contributed by atoms with E-state index in [0.717, 1.165) is 41.1 Å². The Labute approximate surface area is 172 Å². The summed E-state index contributed by atoms with van der Waals surface area (Å²) in [6.45, 7) is 2.29. The first-order valence-electron chi connectivity index (χ1n) is 9.67. The van der Waals surface area contributed by atoms with Crippen LogP contribution in [0.2, 0.25) is 0 Å². The predicted octanol–water partition coefficient (Wildman–Crippen LogP) is 3.28. The second-order valence-corrected chi connectivity index (χ2v) is 8.67. The Morgan fingerprint density at radius 2 is 1.90 bits per heavy atom. The van der Waals surface area contributed by atoms with Crippen LogP contribution in [0.4, 0.5) is 5.69 Å². The molecule has 0 N–H and O–H groups in total. The molecule has 1 aromatic heterocycles. The molecule has 0 saturated carbocycles. The summed E-state index contributed by atoms with van der Waals surface area (Å²) in [6, 6.07) is 7.16. The van der Waals surface area contributed by atoms with Gasteiger partial charge in [-0.2, -0.15) is 0 Å². The van der Waals surface area contributed by atoms with Crippen molar-refractivity contribution in [1.29, 1.82) is 0 Å². The first kappa shape index (κ1) is 19.5. The van der Waals surface area contributed by atoms with E-state index in [4.69, 9.17) is 4.74 Å². The van der Waals surface area contributed by atoms with Gasteiger partial charge in [-0.15, -0.1) is 11.3 Å². The van der Waals surface area contributed by atoms with Gasteiger partial charge in [0.2, 0.25) is 5.91 Å². The molecule has 7 heteroatoms. The van der Waals surface area contributed by atoms with Crippen LogP contribution in [0, 0.1) is 6.92 Å². The molecule has 2 aliphatic heterocycles. The molecule has 0 atom stereocenters. The van der Waals surface area contributed by atoms with Crippen molar-refractivity contribution in [2.24, 2.45) is 0 Å². The van der Waals surface area contributed by atoms with Crippen LogP contribution < -0.4 is 4.90 Å². The number of hydrogen-bond donors (Lipinski definition) is 0. The Morgan fingerprint density at radius 3 is 2.66 bits per heavy atom. The lowest BCUT2D eigenvalue weighted by molar-refractivity contribution is -0.142. The molecule has 0 spiro atoms. The molecular weight excluding hydrogens is 390 g/mol. The van der Waals surface area contributed by atoms with Crippen LogP contribution in [0.15, 0.2) is 24.3 Å². The van der Waals surface area contributed by atoms with Gasteiger partial charge in [0.05, 0.1) is 23.4 Å². The number of benzene rings is 1. The zero-order valence-electron chi connectivity index (χ0n) is 16.2. The van der Waals surface area contributed by atoms with Gasteiger partial charge in [-0.25, -0.2) is 0 Å². The molecule has 6 nitrogen and oxygen atoms in total. The van der Waals surface area contributed by atoms with E-state index in [2.05, 4.69) is 0 Å². The third kappa shape index (κ3) is 4.00. The van der Waals surface area contributed by atoms with Crippen LogP contribution in [0.25, 0.3) is 0 Å². The van der Waals surface area contributed by atoms with Crippen molar-refractivity contribution in [2.75, 3.05) is 18.1 Å². The first-order valence-corrected chi connectivity index (χ1v) is 10.5. The second kappa shape index (κ2) is 7.91. The van der Waals surface area contributed by atoms with Gasteiger partial charge in [-0.05, 0) is 55.2 Å². The van der Waals surface area contributed by atoms with Gasteiger partial charge >= 0.3 is 5.97 Å². The number of esters is 1. The van der Waals surface area contributed by atoms with Crippen molar-refractivity contribution in [3.05, 3.63) is 50.7 Å². The lowest BCUT2D eigenvalue weighted by Gasteiger charge is -2.25. The highest BCUT2D eigenvalue weighted by Gasteiger charge is 2.33. The highest BCUT2D eigenvalue weighted by atomic mass is 32.1. The molecule has 1 amide bonds. The molecule has 2 aliphatic rings. The summed E-state index contributed by atoms with van der Waals surface area (Å²) in [5.41, 5.74) is 3.30. The minimum atomic E-state index is -0.566. The number of carbonyl (C=O) groups is 4. The molecule has 3 heterocycles. The quantitative estimate of drug-likeness (QED) is 0.516. The van der Waals surface area contributed by atoms with Crippen LogP contribution in [0.5, 0.6) is 0 Å². The molecule has 0 aliphatic carbocycles. The minimum Gasteiger partial charge on any atom is -0.457 e. The van der Waals surface area contributed by atoms with Gasteiger partial charge in [0, 0.05) is 23.4 Å². The van der Waals surface area contributed by atoms with Gasteiger partial charge in [0.15, 0.2) is 18.2 Å². The fourth-order valence-corrected chi connectivity index (χ4v) is 4.70. The third-order valence-corrected chi connectivity index (χ3v) is 6.31. The molecule has 0 unspecified atom stereocenters. The number of carbonyl (C=O) groups excluding carboxylic acids is 4. The zero-order valence-corrected chi connectivity index (χ0v) is 17.0. The third-order valence-electron chi connectivity index (χ3n) is 5.27. The van der Waals surface area contributed by atoms with E-state index < -0.39 is 5.97 Å². The van der Waals surface area contributed by atoms with Crippen molar-refractivity contribution >= 4 is 40.5 Å². The van der Waals surface area contributed by atoms with Gasteiger partial charge < -0.3 is 9.64 Å². The Bertz CT molecular complexity index is 1020. The normalized spacial score (nSPS) is 14.7. The van der Waals surface area contributed by atoms with E-state index in [9.17, 15) is 19.2 Å². The Morgan fingerprint density at radius 1 is 1.10 bits per heavy atom. The predicted molar refractivity (Wildman–Crippen MR) is 109 cm³/mol. The maximum absolute atomic E-state index is 12.5. The van der Waals surface area contributed by atoms with Crippen LogP contribution in [-0.4, -0.2) is 36.6 Å². The minimum absolute atomic E-state index is 0.0536. The van der Waals surface area contributed by atoms with Crippen molar-refractivity contribution in [3.63, 3.8) is 0 Å². The topological polar surface area (TPSA) is 80.8 Å². The number of nitrogens with zero attached hydrogens (tertiary/aromatic N) is 1. The Balaban J connectivity index is 1.33. The van der Waals surface area contributed by atoms with Crippen molar-refractivity contribution < 1.29 is 23.9 Å². The Hall–Kier alpha value is -2.80. The average Bonchev–Trinajstić information content (AvgIpc) is 3.28. The number of ether oxygens (including phenoxy) is 1. The van der Waals surface area contributed by atoms with E-state index in [1.54, 1.807) is 17.0 Å². The van der Waals surface area contributed by atoms with E-state index in [1.807, 2.05) is 19.1 Å². The molecule has 4 rings (SSSR count). The summed E-state index contributed by atoms with van der Waals surface area (Å²) in [5, 5.41) is 0. The summed E-state index contributed by atoms with van der Waals surface area (Å²) < 4.78 is 5.08. The molecule has 29 heavy (non-hydrogen) atoms. The molecule has 0 fully saturated rings. The van der Waals surface area contributed by atoms with Gasteiger partial charge in [-0.3, -0.25) is 19.2 Å². The molecule has 1 aromatic carbocycles. The van der Waals surface area contributed by atoms with Crippen LogP contribution in [-0.2, 0) is 27.2 Å². The van der Waals surface area contributed by atoms with E-state index in [1.165, 1.54) is 11.3 Å². The van der Waals surface area contributed by atoms with Crippen LogP contribution in [0.3, 0.4) is 0 Å². The van der Waals surface area contributed by atoms with Gasteiger partial charge in [-0.1, -0.05) is 0 Å². The van der Waals surface area contributed by atoms with Crippen molar-refractivity contribution in [1.82, 2.24) is 0 Å². The number of amides is 1. The highest BCUT2D eigenvalue weighted by molar-refractivity contribution is 7.14. The molecule has 150 valence electrons. The number of ketones is 2. The lowest BCUT2D eigenvalue weighted by atomic mass is 9.95. The maximum Gasteiger partial charge on any atom is 0.306 e. The molecule has 2 aromatic rings. The van der Waals surface area contributed by atoms with Crippen molar-refractivity contribution in [2.45, 2.75) is 39.0 Å². The summed E-state index contributed by atoms with van der Waals surface area (Å²) in [4.78, 5) is 52.1. The van der Waals surface area contributed by atoms with Gasteiger partial charge in [0.25, 0.3) is 0 Å². The largest absolute Gasteiger partial charge is 0.457 e. The lowest BCUT2D eigenvalue weighted by Crippen LogP contribution is -2.31. The standard InChI is InChI=1S/C22H21NO5S/c1-13-4-6-19(29-13)17(24)5-7-21(27)28-12-18(25)15-9-14-3-2-8-23-20(26)11-16(10-15)22(14)23/h4,6,9-10H,2-3,5,7-8,11-12H2,1H3. The fourth-order valence-electron chi connectivity index (χ4n) is 3.86. The Kier molecular flexibility index (Phi) is 5.32. The molecule has 0 saturated heterocycles. The van der Waals surface area contributed by atoms with E-state index in [-0.39, 0.29) is 36.9 Å².